The van der Waals surface area contributed by atoms with E-state index in [1.807, 2.05) is 13.1 Å². The van der Waals surface area contributed by atoms with Crippen LogP contribution >= 0.6 is 0 Å². The first-order chi connectivity index (χ1) is 7.74. The number of benzene rings is 1. The Kier molecular flexibility index (Phi) is 6.12. The minimum Gasteiger partial charge on any atom is -0.376 e. The largest absolute Gasteiger partial charge is 0.376 e. The van der Waals surface area contributed by atoms with Crippen LogP contribution in [0.3, 0.4) is 0 Å². The zero-order valence-electron chi connectivity index (χ0n) is 10.6. The summed E-state index contributed by atoms with van der Waals surface area (Å²) in [6.45, 7) is 6.12. The Morgan fingerprint density at radius 1 is 1.19 bits per heavy atom. The molecule has 1 atom stereocenters. The van der Waals surface area contributed by atoms with Gasteiger partial charge < -0.3 is 10.1 Å². The Morgan fingerprint density at radius 2 is 1.88 bits per heavy atom. The number of likely N-dealkylation sites (N-methyl/N-ethyl adjacent to an activating group) is 1. The van der Waals surface area contributed by atoms with Gasteiger partial charge in [0.15, 0.2) is 0 Å². The minimum atomic E-state index is 0.314. The number of nitrogens with one attached hydrogen (secondary N) is 1. The van der Waals surface area contributed by atoms with Crippen LogP contribution in [0.1, 0.15) is 19.4 Å². The third-order valence-electron chi connectivity index (χ3n) is 2.71. The molecule has 0 saturated heterocycles. The van der Waals surface area contributed by atoms with Gasteiger partial charge in [-0.25, -0.2) is 0 Å². The number of hydrogen-bond donors (Lipinski definition) is 1. The molecule has 0 radical (unpaired) electrons. The average Bonchev–Trinajstić information content (AvgIpc) is 2.29. The van der Waals surface area contributed by atoms with E-state index in [0.717, 1.165) is 19.6 Å². The summed E-state index contributed by atoms with van der Waals surface area (Å²) in [5.74, 6) is 0.559. The van der Waals surface area contributed by atoms with E-state index >= 15 is 0 Å². The van der Waals surface area contributed by atoms with Crippen LogP contribution in [0.4, 0.5) is 0 Å². The van der Waals surface area contributed by atoms with E-state index in [9.17, 15) is 0 Å². The van der Waals surface area contributed by atoms with Gasteiger partial charge >= 0.3 is 0 Å². The quantitative estimate of drug-likeness (QED) is 0.764. The second-order valence-corrected chi connectivity index (χ2v) is 4.45. The van der Waals surface area contributed by atoms with Crippen molar-refractivity contribution in [3.8, 4) is 0 Å². The third-order valence-corrected chi connectivity index (χ3v) is 2.71. The molecule has 0 heterocycles. The summed E-state index contributed by atoms with van der Waals surface area (Å²) >= 11 is 0. The second kappa shape index (κ2) is 7.42. The summed E-state index contributed by atoms with van der Waals surface area (Å²) in [4.78, 5) is 0. The fraction of sp³-hybridized carbons (Fsp3) is 0.571. The van der Waals surface area contributed by atoms with E-state index in [0.29, 0.717) is 12.0 Å². The molecule has 90 valence electrons. The van der Waals surface area contributed by atoms with Gasteiger partial charge in [-0.05, 0) is 24.9 Å². The molecule has 0 amide bonds. The van der Waals surface area contributed by atoms with Crippen molar-refractivity contribution < 1.29 is 4.74 Å². The minimum absolute atomic E-state index is 0.314. The van der Waals surface area contributed by atoms with E-state index in [1.54, 1.807) is 0 Å². The molecule has 1 unspecified atom stereocenters. The van der Waals surface area contributed by atoms with Crippen molar-refractivity contribution in [2.75, 3.05) is 20.2 Å². The molecule has 0 saturated carbocycles. The van der Waals surface area contributed by atoms with Crippen LogP contribution in [0.15, 0.2) is 30.3 Å². The highest BCUT2D eigenvalue weighted by Gasteiger charge is 2.12. The second-order valence-electron chi connectivity index (χ2n) is 4.45. The highest BCUT2D eigenvalue weighted by molar-refractivity contribution is 5.14. The number of ether oxygens (including phenoxy) is 1. The summed E-state index contributed by atoms with van der Waals surface area (Å²) < 4.78 is 5.89. The van der Waals surface area contributed by atoms with Crippen molar-refractivity contribution in [1.29, 1.82) is 0 Å². The molecular formula is C14H23NO. The van der Waals surface area contributed by atoms with Crippen molar-refractivity contribution in [2.24, 2.45) is 5.92 Å². The van der Waals surface area contributed by atoms with Crippen LogP contribution in [-0.4, -0.2) is 26.3 Å². The van der Waals surface area contributed by atoms with Gasteiger partial charge in [0.2, 0.25) is 0 Å². The lowest BCUT2D eigenvalue weighted by Crippen LogP contribution is -2.31. The van der Waals surface area contributed by atoms with Crippen LogP contribution in [0, 0.1) is 5.92 Å². The van der Waals surface area contributed by atoms with Crippen molar-refractivity contribution in [3.63, 3.8) is 0 Å². The highest BCUT2D eigenvalue weighted by atomic mass is 16.5. The Bertz CT molecular complexity index is 271. The van der Waals surface area contributed by atoms with E-state index in [4.69, 9.17) is 4.74 Å². The molecule has 2 nitrogen and oxygen atoms in total. The number of rotatable bonds is 7. The fourth-order valence-corrected chi connectivity index (χ4v) is 1.66. The van der Waals surface area contributed by atoms with Crippen molar-refractivity contribution in [1.82, 2.24) is 5.32 Å². The molecule has 2 heteroatoms. The molecule has 0 spiro atoms. The predicted molar refractivity (Wildman–Crippen MR) is 68.7 cm³/mol. The van der Waals surface area contributed by atoms with Crippen LogP contribution in [0.5, 0.6) is 0 Å². The third kappa shape index (κ3) is 4.77. The molecule has 0 bridgehead atoms. The molecule has 0 aliphatic carbocycles. The standard InChI is InChI=1S/C14H23NO/c1-12(2)14(11-15-3)16-10-9-13-7-5-4-6-8-13/h4-8,12,14-15H,9-11H2,1-3H3. The topological polar surface area (TPSA) is 21.3 Å². The molecule has 1 aromatic rings. The van der Waals surface area contributed by atoms with Gasteiger partial charge in [0.05, 0.1) is 12.7 Å². The predicted octanol–water partition coefficient (Wildman–Crippen LogP) is 2.49. The lowest BCUT2D eigenvalue weighted by Gasteiger charge is -2.21. The fourth-order valence-electron chi connectivity index (χ4n) is 1.66. The molecular weight excluding hydrogens is 198 g/mol. The maximum absolute atomic E-state index is 5.89. The normalized spacial score (nSPS) is 13.0. The molecule has 0 aliphatic heterocycles. The SMILES string of the molecule is CNCC(OCCc1ccccc1)C(C)C. The zero-order chi connectivity index (χ0) is 11.8. The van der Waals surface area contributed by atoms with Crippen LogP contribution in [0.25, 0.3) is 0 Å². The van der Waals surface area contributed by atoms with E-state index in [-0.39, 0.29) is 0 Å². The van der Waals surface area contributed by atoms with Crippen LogP contribution in [-0.2, 0) is 11.2 Å². The lowest BCUT2D eigenvalue weighted by atomic mass is 10.1. The summed E-state index contributed by atoms with van der Waals surface area (Å²) in [5, 5.41) is 3.17. The molecule has 0 fully saturated rings. The van der Waals surface area contributed by atoms with Gasteiger partial charge in [0.25, 0.3) is 0 Å². The first-order valence-electron chi connectivity index (χ1n) is 6.04. The first kappa shape index (κ1) is 13.2. The molecule has 0 aromatic heterocycles. The summed E-state index contributed by atoms with van der Waals surface area (Å²) in [6, 6.07) is 10.5. The first-order valence-corrected chi connectivity index (χ1v) is 6.04. The molecule has 0 aliphatic rings. The molecule has 1 N–H and O–H groups in total. The summed E-state index contributed by atoms with van der Waals surface area (Å²) in [7, 11) is 1.97. The van der Waals surface area contributed by atoms with E-state index < -0.39 is 0 Å². The van der Waals surface area contributed by atoms with Gasteiger partial charge in [-0.3, -0.25) is 0 Å². The van der Waals surface area contributed by atoms with Gasteiger partial charge in [0, 0.05) is 6.54 Å². The van der Waals surface area contributed by atoms with Gasteiger partial charge in [-0.15, -0.1) is 0 Å². The van der Waals surface area contributed by atoms with Gasteiger partial charge in [-0.1, -0.05) is 44.2 Å². The molecule has 16 heavy (non-hydrogen) atoms. The highest BCUT2D eigenvalue weighted by Crippen LogP contribution is 2.07. The monoisotopic (exact) mass is 221 g/mol. The smallest absolute Gasteiger partial charge is 0.0722 e. The van der Waals surface area contributed by atoms with Crippen molar-refractivity contribution in [3.05, 3.63) is 35.9 Å². The summed E-state index contributed by atoms with van der Waals surface area (Å²) in [5.41, 5.74) is 1.34. The van der Waals surface area contributed by atoms with Crippen LogP contribution in [0.2, 0.25) is 0 Å². The van der Waals surface area contributed by atoms with Crippen molar-refractivity contribution in [2.45, 2.75) is 26.4 Å². The molecule has 1 aromatic carbocycles. The van der Waals surface area contributed by atoms with E-state index in [2.05, 4.69) is 43.4 Å². The Hall–Kier alpha value is -0.860. The maximum Gasteiger partial charge on any atom is 0.0722 e. The molecule has 1 rings (SSSR count). The van der Waals surface area contributed by atoms with Gasteiger partial charge in [0.1, 0.15) is 0 Å². The lowest BCUT2D eigenvalue weighted by molar-refractivity contribution is 0.0259. The van der Waals surface area contributed by atoms with Crippen molar-refractivity contribution >= 4 is 0 Å². The Morgan fingerprint density at radius 3 is 2.44 bits per heavy atom. The van der Waals surface area contributed by atoms with Gasteiger partial charge in [-0.2, -0.15) is 0 Å². The van der Waals surface area contributed by atoms with E-state index in [1.165, 1.54) is 5.56 Å². The average molecular weight is 221 g/mol. The number of hydrogen-bond acceptors (Lipinski definition) is 2. The Labute approximate surface area is 99.0 Å². The zero-order valence-corrected chi connectivity index (χ0v) is 10.6. The Balaban J connectivity index is 2.28. The maximum atomic E-state index is 5.89. The summed E-state index contributed by atoms with van der Waals surface area (Å²) in [6.07, 6.45) is 1.31. The van der Waals surface area contributed by atoms with Crippen LogP contribution < -0.4 is 5.32 Å².